The van der Waals surface area contributed by atoms with Crippen LogP contribution in [0.3, 0.4) is 0 Å². The highest BCUT2D eigenvalue weighted by atomic mass is 19.1. The van der Waals surface area contributed by atoms with Crippen molar-refractivity contribution in [2.75, 3.05) is 18.4 Å². The predicted molar refractivity (Wildman–Crippen MR) is 111 cm³/mol. The number of aliphatic imine (C=N–C) groups is 1. The molecule has 2 N–H and O–H groups in total. The van der Waals surface area contributed by atoms with Crippen LogP contribution in [-0.2, 0) is 13.1 Å². The standard InChI is InChI=1S/C21H18FN7O2/c22-12-18-27-28-20(30-18)15-3-1-13(2-4-15)11-17-26-19(29-31-17)14-5-7-16(8-6-14)25-21-23-9-10-24-21/h1-8H,9-12H2,(H2,23,24,25). The van der Waals surface area contributed by atoms with Crippen LogP contribution in [0.25, 0.3) is 22.8 Å². The Hall–Kier alpha value is -4.08. The van der Waals surface area contributed by atoms with Crippen molar-refractivity contribution >= 4 is 11.6 Å². The molecule has 0 unspecified atom stereocenters. The predicted octanol–water partition coefficient (Wildman–Crippen LogP) is 3.22. The number of hydrogen-bond acceptors (Lipinski definition) is 9. The van der Waals surface area contributed by atoms with E-state index in [9.17, 15) is 4.39 Å². The number of aromatic nitrogens is 4. The van der Waals surface area contributed by atoms with Gasteiger partial charge in [0.2, 0.25) is 23.5 Å². The highest BCUT2D eigenvalue weighted by Crippen LogP contribution is 2.22. The molecule has 0 bridgehead atoms. The van der Waals surface area contributed by atoms with E-state index in [1.54, 1.807) is 0 Å². The molecule has 5 rings (SSSR count). The van der Waals surface area contributed by atoms with Crippen molar-refractivity contribution in [1.29, 1.82) is 0 Å². The summed E-state index contributed by atoms with van der Waals surface area (Å²) in [6, 6.07) is 15.2. The van der Waals surface area contributed by atoms with Gasteiger partial charge in [-0.15, -0.1) is 10.2 Å². The number of benzene rings is 2. The van der Waals surface area contributed by atoms with Crippen LogP contribution in [0.2, 0.25) is 0 Å². The van der Waals surface area contributed by atoms with E-state index in [0.717, 1.165) is 41.4 Å². The molecule has 0 fully saturated rings. The van der Waals surface area contributed by atoms with Gasteiger partial charge in [-0.2, -0.15) is 4.98 Å². The lowest BCUT2D eigenvalue weighted by molar-refractivity contribution is 0.385. The summed E-state index contributed by atoms with van der Waals surface area (Å²) in [6.07, 6.45) is 0.484. The van der Waals surface area contributed by atoms with Crippen molar-refractivity contribution in [2.24, 2.45) is 4.99 Å². The van der Waals surface area contributed by atoms with Crippen LogP contribution in [0.1, 0.15) is 17.3 Å². The second-order valence-electron chi connectivity index (χ2n) is 6.88. The van der Waals surface area contributed by atoms with Gasteiger partial charge in [0.15, 0.2) is 12.6 Å². The molecule has 2 aromatic carbocycles. The largest absolute Gasteiger partial charge is 0.418 e. The Morgan fingerprint density at radius 2 is 1.77 bits per heavy atom. The van der Waals surface area contributed by atoms with E-state index in [-0.39, 0.29) is 11.8 Å². The van der Waals surface area contributed by atoms with Gasteiger partial charge in [0.05, 0.1) is 13.0 Å². The molecule has 0 atom stereocenters. The summed E-state index contributed by atoms with van der Waals surface area (Å²) in [7, 11) is 0. The number of hydrogen-bond donors (Lipinski definition) is 2. The van der Waals surface area contributed by atoms with Crippen molar-refractivity contribution in [3.8, 4) is 22.8 Å². The molecule has 0 amide bonds. The summed E-state index contributed by atoms with van der Waals surface area (Å²) in [5, 5.41) is 17.9. The number of anilines is 1. The summed E-state index contributed by atoms with van der Waals surface area (Å²) < 4.78 is 23.2. The van der Waals surface area contributed by atoms with Gasteiger partial charge >= 0.3 is 0 Å². The molecule has 4 aromatic rings. The van der Waals surface area contributed by atoms with Crippen molar-refractivity contribution in [1.82, 2.24) is 25.7 Å². The third-order valence-corrected chi connectivity index (χ3v) is 4.69. The average molecular weight is 419 g/mol. The molecule has 10 heteroatoms. The second kappa shape index (κ2) is 8.34. The molecule has 0 aliphatic carbocycles. The molecule has 31 heavy (non-hydrogen) atoms. The molecule has 1 aliphatic rings. The molecular formula is C21H18FN7O2. The second-order valence-corrected chi connectivity index (χ2v) is 6.88. The smallest absolute Gasteiger partial charge is 0.247 e. The van der Waals surface area contributed by atoms with Gasteiger partial charge in [-0.25, -0.2) is 4.39 Å². The fourth-order valence-electron chi connectivity index (χ4n) is 3.13. The van der Waals surface area contributed by atoms with Crippen LogP contribution in [0.5, 0.6) is 0 Å². The van der Waals surface area contributed by atoms with Gasteiger partial charge in [0.25, 0.3) is 0 Å². The first-order valence-corrected chi connectivity index (χ1v) is 9.73. The quantitative estimate of drug-likeness (QED) is 0.490. The molecule has 2 aromatic heterocycles. The SMILES string of the molecule is FCc1nnc(-c2ccc(Cc3nc(-c4ccc(NC5=NCCN5)cc4)no3)cc2)o1. The minimum atomic E-state index is -0.781. The van der Waals surface area contributed by atoms with Gasteiger partial charge in [-0.1, -0.05) is 17.3 Å². The van der Waals surface area contributed by atoms with Crippen molar-refractivity contribution in [3.63, 3.8) is 0 Å². The Kier molecular flexibility index (Phi) is 5.09. The molecule has 0 radical (unpaired) electrons. The molecule has 0 spiro atoms. The zero-order valence-electron chi connectivity index (χ0n) is 16.4. The fourth-order valence-corrected chi connectivity index (χ4v) is 3.13. The molecular weight excluding hydrogens is 401 g/mol. The van der Waals surface area contributed by atoms with Crippen molar-refractivity contribution < 1.29 is 13.3 Å². The number of guanidine groups is 1. The van der Waals surface area contributed by atoms with Crippen molar-refractivity contribution in [3.05, 3.63) is 65.9 Å². The third-order valence-electron chi connectivity index (χ3n) is 4.69. The third kappa shape index (κ3) is 4.27. The van der Waals surface area contributed by atoms with E-state index in [1.165, 1.54) is 0 Å². The van der Waals surface area contributed by atoms with Crippen LogP contribution in [0.15, 0.2) is 62.5 Å². The van der Waals surface area contributed by atoms with Crippen LogP contribution in [0.4, 0.5) is 10.1 Å². The molecule has 3 heterocycles. The van der Waals surface area contributed by atoms with Crippen LogP contribution < -0.4 is 10.6 Å². The maximum atomic E-state index is 12.6. The maximum Gasteiger partial charge on any atom is 0.247 e. The van der Waals surface area contributed by atoms with E-state index in [2.05, 4.69) is 36.0 Å². The zero-order chi connectivity index (χ0) is 21.0. The average Bonchev–Trinajstić information content (AvgIpc) is 3.57. The molecule has 156 valence electrons. The number of nitrogens with one attached hydrogen (secondary N) is 2. The number of halogens is 1. The van der Waals surface area contributed by atoms with Gasteiger partial charge in [0.1, 0.15) is 0 Å². The molecule has 0 saturated carbocycles. The Morgan fingerprint density at radius 1 is 0.968 bits per heavy atom. The topological polar surface area (TPSA) is 114 Å². The fraction of sp³-hybridized carbons (Fsp3) is 0.190. The lowest BCUT2D eigenvalue weighted by atomic mass is 10.1. The van der Waals surface area contributed by atoms with E-state index < -0.39 is 6.67 Å². The first-order valence-electron chi connectivity index (χ1n) is 9.73. The molecule has 1 aliphatic heterocycles. The Morgan fingerprint density at radius 3 is 2.48 bits per heavy atom. The first kappa shape index (κ1) is 18.9. The minimum absolute atomic E-state index is 0.0368. The number of alkyl halides is 1. The van der Waals surface area contributed by atoms with Gasteiger partial charge in [0, 0.05) is 23.4 Å². The highest BCUT2D eigenvalue weighted by molar-refractivity contribution is 5.94. The summed E-state index contributed by atoms with van der Waals surface area (Å²) in [6.45, 7) is 0.855. The van der Waals surface area contributed by atoms with Crippen LogP contribution in [0, 0.1) is 0 Å². The van der Waals surface area contributed by atoms with Gasteiger partial charge < -0.3 is 19.6 Å². The van der Waals surface area contributed by atoms with Crippen LogP contribution in [-0.4, -0.2) is 39.4 Å². The molecule has 0 saturated heterocycles. The van der Waals surface area contributed by atoms with Crippen molar-refractivity contribution in [2.45, 2.75) is 13.1 Å². The summed E-state index contributed by atoms with van der Waals surface area (Å²) in [5.74, 6) is 2.06. The van der Waals surface area contributed by atoms with Crippen LogP contribution >= 0.6 is 0 Å². The van der Waals surface area contributed by atoms with E-state index in [1.807, 2.05) is 48.5 Å². The number of rotatable bonds is 6. The Labute approximate surface area is 176 Å². The normalized spacial score (nSPS) is 13.1. The summed E-state index contributed by atoms with van der Waals surface area (Å²) in [5.41, 5.74) is 3.49. The Balaban J connectivity index is 1.24. The summed E-state index contributed by atoms with van der Waals surface area (Å²) in [4.78, 5) is 8.80. The first-order chi connectivity index (χ1) is 15.3. The van der Waals surface area contributed by atoms with E-state index >= 15 is 0 Å². The van der Waals surface area contributed by atoms with Gasteiger partial charge in [-0.05, 0) is 42.0 Å². The number of nitrogens with zero attached hydrogens (tertiary/aromatic N) is 5. The maximum absolute atomic E-state index is 12.6. The van der Waals surface area contributed by atoms with E-state index in [4.69, 9.17) is 8.94 Å². The Bertz CT molecular complexity index is 1200. The monoisotopic (exact) mass is 419 g/mol. The zero-order valence-corrected chi connectivity index (χ0v) is 16.4. The lowest BCUT2D eigenvalue weighted by Crippen LogP contribution is -2.26. The highest BCUT2D eigenvalue weighted by Gasteiger charge is 2.12. The lowest BCUT2D eigenvalue weighted by Gasteiger charge is -2.06. The minimum Gasteiger partial charge on any atom is -0.418 e. The van der Waals surface area contributed by atoms with Gasteiger partial charge in [-0.3, -0.25) is 4.99 Å². The van der Waals surface area contributed by atoms with E-state index in [0.29, 0.717) is 18.1 Å². The molecule has 9 nitrogen and oxygen atoms in total. The summed E-state index contributed by atoms with van der Waals surface area (Å²) >= 11 is 0.